The molecule has 11 heavy (non-hydrogen) atoms. The second-order valence-corrected chi connectivity index (χ2v) is 2.84. The van der Waals surface area contributed by atoms with Crippen molar-refractivity contribution in [3.8, 4) is 0 Å². The molecule has 2 rings (SSSR count). The van der Waals surface area contributed by atoms with E-state index in [1.807, 2.05) is 13.1 Å². The van der Waals surface area contributed by atoms with Crippen molar-refractivity contribution in [1.82, 2.24) is 4.98 Å². The first-order valence-corrected chi connectivity index (χ1v) is 3.89. The summed E-state index contributed by atoms with van der Waals surface area (Å²) in [5, 5.41) is 0. The van der Waals surface area contributed by atoms with E-state index < -0.39 is 0 Å². The average Bonchev–Trinajstić information content (AvgIpc) is 2.06. The van der Waals surface area contributed by atoms with Gasteiger partial charge in [0.05, 0.1) is 13.2 Å². The van der Waals surface area contributed by atoms with Crippen LogP contribution in [0.4, 0.5) is 0 Å². The fourth-order valence-corrected chi connectivity index (χ4v) is 1.44. The molecule has 0 atom stereocenters. The van der Waals surface area contributed by atoms with Crippen molar-refractivity contribution >= 4 is 0 Å². The lowest BCUT2D eigenvalue weighted by Gasteiger charge is -2.16. The van der Waals surface area contributed by atoms with Crippen molar-refractivity contribution in [2.24, 2.45) is 0 Å². The lowest BCUT2D eigenvalue weighted by molar-refractivity contribution is 0.110. The minimum Gasteiger partial charge on any atom is -0.376 e. The zero-order chi connectivity index (χ0) is 7.68. The van der Waals surface area contributed by atoms with Crippen LogP contribution in [0.5, 0.6) is 0 Å². The third-order valence-electron chi connectivity index (χ3n) is 2.13. The molecule has 58 valence electrons. The molecule has 0 amide bonds. The molecule has 2 heterocycles. The quantitative estimate of drug-likeness (QED) is 0.557. The Balaban J connectivity index is 2.49. The molecule has 0 fully saturated rings. The van der Waals surface area contributed by atoms with Crippen LogP contribution in [0.3, 0.4) is 0 Å². The zero-order valence-corrected chi connectivity index (χ0v) is 6.63. The number of aryl methyl sites for hydroxylation is 1. The summed E-state index contributed by atoms with van der Waals surface area (Å²) in [5.74, 6) is 0. The molecule has 0 unspecified atom stereocenters. The second kappa shape index (κ2) is 2.62. The van der Waals surface area contributed by atoms with Crippen LogP contribution in [-0.2, 0) is 17.8 Å². The summed E-state index contributed by atoms with van der Waals surface area (Å²) in [6.45, 7) is 3.64. The Kier molecular flexibility index (Phi) is 1.62. The molecule has 2 nitrogen and oxygen atoms in total. The maximum absolute atomic E-state index is 5.34. The summed E-state index contributed by atoms with van der Waals surface area (Å²) in [5.41, 5.74) is 3.81. The molecule has 0 N–H and O–H groups in total. The van der Waals surface area contributed by atoms with E-state index in [-0.39, 0.29) is 0 Å². The minimum atomic E-state index is 0.745. The lowest BCUT2D eigenvalue weighted by Crippen LogP contribution is -2.11. The Hall–Kier alpha value is -0.890. The van der Waals surface area contributed by atoms with Gasteiger partial charge in [0.25, 0.3) is 0 Å². The molecule has 0 radical (unpaired) electrons. The summed E-state index contributed by atoms with van der Waals surface area (Å²) >= 11 is 0. The highest BCUT2D eigenvalue weighted by molar-refractivity contribution is 5.29. The topological polar surface area (TPSA) is 22.1 Å². The van der Waals surface area contributed by atoms with Crippen LogP contribution in [0, 0.1) is 6.92 Å². The van der Waals surface area contributed by atoms with Crippen LogP contribution in [0.1, 0.15) is 16.8 Å². The number of ether oxygens (including phenoxy) is 1. The molecule has 1 aromatic heterocycles. The van der Waals surface area contributed by atoms with E-state index in [1.54, 1.807) is 0 Å². The van der Waals surface area contributed by atoms with Crippen LogP contribution >= 0.6 is 0 Å². The summed E-state index contributed by atoms with van der Waals surface area (Å²) in [7, 11) is 0. The van der Waals surface area contributed by atoms with Gasteiger partial charge in [-0.3, -0.25) is 4.98 Å². The highest BCUT2D eigenvalue weighted by Crippen LogP contribution is 2.17. The molecule has 0 saturated heterocycles. The van der Waals surface area contributed by atoms with Gasteiger partial charge in [0.2, 0.25) is 0 Å². The van der Waals surface area contributed by atoms with E-state index in [9.17, 15) is 0 Å². The van der Waals surface area contributed by atoms with Crippen LogP contribution in [-0.4, -0.2) is 11.6 Å². The average molecular weight is 149 g/mol. The Morgan fingerprint density at radius 2 is 2.45 bits per heavy atom. The summed E-state index contributed by atoms with van der Waals surface area (Å²) < 4.78 is 5.34. The Bertz CT molecular complexity index is 270. The molecule has 0 bridgehead atoms. The van der Waals surface area contributed by atoms with Crippen LogP contribution in [0.15, 0.2) is 12.3 Å². The Morgan fingerprint density at radius 3 is 3.27 bits per heavy atom. The lowest BCUT2D eigenvalue weighted by atomic mass is 10.0. The molecule has 0 spiro atoms. The van der Waals surface area contributed by atoms with Crippen molar-refractivity contribution in [3.05, 3.63) is 29.1 Å². The van der Waals surface area contributed by atoms with E-state index in [0.29, 0.717) is 0 Å². The highest BCUT2D eigenvalue weighted by Gasteiger charge is 2.10. The monoisotopic (exact) mass is 149 g/mol. The maximum atomic E-state index is 5.34. The number of fused-ring (bicyclic) bond motifs is 1. The molecule has 1 aliphatic heterocycles. The molecule has 0 aliphatic carbocycles. The first-order valence-electron chi connectivity index (χ1n) is 3.89. The Labute approximate surface area is 66.2 Å². The number of pyridine rings is 1. The van der Waals surface area contributed by atoms with Crippen molar-refractivity contribution in [1.29, 1.82) is 0 Å². The van der Waals surface area contributed by atoms with Crippen molar-refractivity contribution in [2.75, 3.05) is 6.61 Å². The molecule has 0 saturated carbocycles. The smallest absolute Gasteiger partial charge is 0.0737 e. The largest absolute Gasteiger partial charge is 0.376 e. The third kappa shape index (κ3) is 1.14. The molecule has 0 aromatic carbocycles. The van der Waals surface area contributed by atoms with Gasteiger partial charge in [0, 0.05) is 17.5 Å². The summed E-state index contributed by atoms with van der Waals surface area (Å²) in [4.78, 5) is 4.21. The van der Waals surface area contributed by atoms with Crippen LogP contribution in [0.2, 0.25) is 0 Å². The number of aromatic nitrogens is 1. The van der Waals surface area contributed by atoms with Crippen LogP contribution < -0.4 is 0 Å². The molecule has 2 heteroatoms. The van der Waals surface area contributed by atoms with Crippen LogP contribution in [0.25, 0.3) is 0 Å². The first kappa shape index (κ1) is 6.80. The van der Waals surface area contributed by atoms with E-state index >= 15 is 0 Å². The summed E-state index contributed by atoms with van der Waals surface area (Å²) in [6.07, 6.45) is 2.91. The highest BCUT2D eigenvalue weighted by atomic mass is 16.5. The molecule has 1 aromatic rings. The van der Waals surface area contributed by atoms with Gasteiger partial charge in [-0.25, -0.2) is 0 Å². The zero-order valence-electron chi connectivity index (χ0n) is 6.63. The van der Waals surface area contributed by atoms with Crippen molar-refractivity contribution in [2.45, 2.75) is 20.0 Å². The van der Waals surface area contributed by atoms with Gasteiger partial charge in [-0.15, -0.1) is 0 Å². The van der Waals surface area contributed by atoms with Gasteiger partial charge in [0.1, 0.15) is 0 Å². The fraction of sp³-hybridized carbons (Fsp3) is 0.444. The van der Waals surface area contributed by atoms with Gasteiger partial charge < -0.3 is 4.74 Å². The van der Waals surface area contributed by atoms with Crippen molar-refractivity contribution in [3.63, 3.8) is 0 Å². The van der Waals surface area contributed by atoms with E-state index in [4.69, 9.17) is 4.74 Å². The fourth-order valence-electron chi connectivity index (χ4n) is 1.44. The van der Waals surface area contributed by atoms with E-state index in [1.165, 1.54) is 11.1 Å². The maximum Gasteiger partial charge on any atom is 0.0737 e. The SMILES string of the molecule is Cc1nccc2c1COCC2. The number of rotatable bonds is 0. The predicted octanol–water partition coefficient (Wildman–Crippen LogP) is 1.46. The molecular weight excluding hydrogens is 138 g/mol. The van der Waals surface area contributed by atoms with Crippen molar-refractivity contribution < 1.29 is 4.74 Å². The minimum absolute atomic E-state index is 0.745. The number of hydrogen-bond acceptors (Lipinski definition) is 2. The Morgan fingerprint density at radius 1 is 1.55 bits per heavy atom. The normalized spacial score (nSPS) is 16.1. The summed E-state index contributed by atoms with van der Waals surface area (Å²) in [6, 6.07) is 2.09. The standard InChI is InChI=1S/C9H11NO/c1-7-9-6-11-5-3-8(9)2-4-10-7/h2,4H,3,5-6H2,1H3. The van der Waals surface area contributed by atoms with Gasteiger partial charge in [-0.2, -0.15) is 0 Å². The third-order valence-corrected chi connectivity index (χ3v) is 2.13. The number of hydrogen-bond donors (Lipinski definition) is 0. The van der Waals surface area contributed by atoms with Gasteiger partial charge in [-0.05, 0) is 25.0 Å². The van der Waals surface area contributed by atoms with Gasteiger partial charge >= 0.3 is 0 Å². The first-order chi connectivity index (χ1) is 5.38. The predicted molar refractivity (Wildman–Crippen MR) is 42.3 cm³/mol. The molecular formula is C9H11NO. The number of nitrogens with zero attached hydrogens (tertiary/aromatic N) is 1. The second-order valence-electron chi connectivity index (χ2n) is 2.84. The van der Waals surface area contributed by atoms with Gasteiger partial charge in [0.15, 0.2) is 0 Å². The van der Waals surface area contributed by atoms with E-state index in [2.05, 4.69) is 11.1 Å². The van der Waals surface area contributed by atoms with Gasteiger partial charge in [-0.1, -0.05) is 0 Å². The molecule has 1 aliphatic rings. The van der Waals surface area contributed by atoms with E-state index in [0.717, 1.165) is 25.3 Å².